The van der Waals surface area contributed by atoms with Crippen LogP contribution in [-0.2, 0) is 22.1 Å². The monoisotopic (exact) mass is 244 g/mol. The maximum absolute atomic E-state index is 12.4. The summed E-state index contributed by atoms with van der Waals surface area (Å²) in [4.78, 5) is 10.7. The lowest BCUT2D eigenvalue weighted by atomic mass is 10.1. The molecule has 1 aromatic carbocycles. The minimum absolute atomic E-state index is 0.249. The Morgan fingerprint density at radius 3 is 2.71 bits per heavy atom. The van der Waals surface area contributed by atoms with Crippen molar-refractivity contribution in [2.45, 2.75) is 12.6 Å². The van der Waals surface area contributed by atoms with Gasteiger partial charge < -0.3 is 4.74 Å². The molecular formula is C12H11F3O2. The van der Waals surface area contributed by atoms with Crippen LogP contribution in [0.5, 0.6) is 0 Å². The highest BCUT2D eigenvalue weighted by Gasteiger charge is 2.30. The molecule has 17 heavy (non-hydrogen) atoms. The van der Waals surface area contributed by atoms with Crippen molar-refractivity contribution < 1.29 is 22.7 Å². The van der Waals surface area contributed by atoms with Crippen LogP contribution >= 0.6 is 0 Å². The number of carbonyl (C=O) groups is 1. The largest absolute Gasteiger partial charge is 0.466 e. The summed E-state index contributed by atoms with van der Waals surface area (Å²) in [7, 11) is 1.23. The Labute approximate surface area is 96.7 Å². The zero-order valence-corrected chi connectivity index (χ0v) is 9.12. The van der Waals surface area contributed by atoms with Gasteiger partial charge in [0, 0.05) is 6.08 Å². The van der Waals surface area contributed by atoms with Gasteiger partial charge in [-0.05, 0) is 18.1 Å². The molecule has 0 aliphatic heterocycles. The highest BCUT2D eigenvalue weighted by atomic mass is 19.4. The molecule has 0 spiro atoms. The number of esters is 1. The Balaban J connectivity index is 2.73. The lowest BCUT2D eigenvalue weighted by Gasteiger charge is -2.07. The first-order valence-corrected chi connectivity index (χ1v) is 4.84. The number of hydrogen-bond acceptors (Lipinski definition) is 2. The fraction of sp³-hybridized carbons (Fsp3) is 0.250. The second kappa shape index (κ2) is 5.52. The highest BCUT2D eigenvalue weighted by molar-refractivity contribution is 5.81. The molecule has 2 nitrogen and oxygen atoms in total. The number of allylic oxidation sites excluding steroid dienone is 1. The van der Waals surface area contributed by atoms with Crippen LogP contribution < -0.4 is 0 Å². The van der Waals surface area contributed by atoms with E-state index in [2.05, 4.69) is 4.74 Å². The molecular weight excluding hydrogens is 233 g/mol. The highest BCUT2D eigenvalue weighted by Crippen LogP contribution is 2.29. The minimum atomic E-state index is -4.35. The van der Waals surface area contributed by atoms with Gasteiger partial charge in [-0.1, -0.05) is 24.3 Å². The van der Waals surface area contributed by atoms with Gasteiger partial charge in [-0.25, -0.2) is 4.79 Å². The summed E-state index contributed by atoms with van der Waals surface area (Å²) in [6.07, 6.45) is -1.46. The third-order valence-corrected chi connectivity index (χ3v) is 2.06. The van der Waals surface area contributed by atoms with E-state index >= 15 is 0 Å². The van der Waals surface area contributed by atoms with Crippen LogP contribution in [0.15, 0.2) is 36.4 Å². The molecule has 0 atom stereocenters. The molecule has 0 aromatic heterocycles. The van der Waals surface area contributed by atoms with Gasteiger partial charge >= 0.3 is 12.1 Å². The fourth-order valence-corrected chi connectivity index (χ4v) is 1.23. The van der Waals surface area contributed by atoms with E-state index in [1.807, 2.05) is 0 Å². The van der Waals surface area contributed by atoms with Crippen molar-refractivity contribution in [1.82, 2.24) is 0 Å². The molecule has 0 N–H and O–H groups in total. The standard InChI is InChI=1S/C12H11F3O2/c1-17-11(16)7-3-5-9-4-2-6-10(8-9)12(13,14)15/h2-4,6-8H,5H2,1H3/b7-3+. The normalized spacial score (nSPS) is 11.8. The van der Waals surface area contributed by atoms with E-state index in [1.54, 1.807) is 6.07 Å². The third kappa shape index (κ3) is 4.30. The number of alkyl halides is 3. The van der Waals surface area contributed by atoms with Crippen LogP contribution in [0, 0.1) is 0 Å². The number of rotatable bonds is 3. The maximum atomic E-state index is 12.4. The minimum Gasteiger partial charge on any atom is -0.466 e. The fourth-order valence-electron chi connectivity index (χ4n) is 1.23. The van der Waals surface area contributed by atoms with Crippen molar-refractivity contribution in [1.29, 1.82) is 0 Å². The quantitative estimate of drug-likeness (QED) is 0.603. The van der Waals surface area contributed by atoms with E-state index in [0.29, 0.717) is 5.56 Å². The number of methoxy groups -OCH3 is 1. The van der Waals surface area contributed by atoms with Gasteiger partial charge in [0.1, 0.15) is 0 Å². The lowest BCUT2D eigenvalue weighted by Crippen LogP contribution is -2.05. The summed E-state index contributed by atoms with van der Waals surface area (Å²) in [6.45, 7) is 0. The molecule has 5 heteroatoms. The van der Waals surface area contributed by atoms with Crippen LogP contribution in [0.25, 0.3) is 0 Å². The van der Waals surface area contributed by atoms with E-state index < -0.39 is 17.7 Å². The average molecular weight is 244 g/mol. The van der Waals surface area contributed by atoms with Crippen LogP contribution in [0.3, 0.4) is 0 Å². The Hall–Kier alpha value is -1.78. The van der Waals surface area contributed by atoms with Gasteiger partial charge in [0.2, 0.25) is 0 Å². The van der Waals surface area contributed by atoms with E-state index in [4.69, 9.17) is 0 Å². The SMILES string of the molecule is COC(=O)/C=C/Cc1cccc(C(F)(F)F)c1. The first-order chi connectivity index (χ1) is 7.93. The molecule has 0 amide bonds. The summed E-state index contributed by atoms with van der Waals surface area (Å²) < 4.78 is 41.5. The van der Waals surface area contributed by atoms with Crippen molar-refractivity contribution in [3.63, 3.8) is 0 Å². The topological polar surface area (TPSA) is 26.3 Å². The first kappa shape index (κ1) is 13.3. The van der Waals surface area contributed by atoms with Gasteiger partial charge in [0.15, 0.2) is 0 Å². The van der Waals surface area contributed by atoms with E-state index in [0.717, 1.165) is 12.1 Å². The molecule has 1 aromatic rings. The molecule has 0 radical (unpaired) electrons. The summed E-state index contributed by atoms with van der Waals surface area (Å²) in [5, 5.41) is 0. The third-order valence-electron chi connectivity index (χ3n) is 2.06. The molecule has 0 bridgehead atoms. The Morgan fingerprint density at radius 1 is 1.41 bits per heavy atom. The van der Waals surface area contributed by atoms with E-state index in [1.165, 1.54) is 25.3 Å². The van der Waals surface area contributed by atoms with Crippen molar-refractivity contribution in [3.05, 3.63) is 47.5 Å². The number of halogens is 3. The predicted octanol–water partition coefficient (Wildman–Crippen LogP) is 2.98. The second-order valence-electron chi connectivity index (χ2n) is 3.33. The second-order valence-corrected chi connectivity index (χ2v) is 3.33. The molecule has 0 unspecified atom stereocenters. The molecule has 0 saturated carbocycles. The summed E-state index contributed by atoms with van der Waals surface area (Å²) in [6, 6.07) is 4.97. The van der Waals surface area contributed by atoms with Crippen molar-refractivity contribution in [3.8, 4) is 0 Å². The molecule has 0 aliphatic rings. The van der Waals surface area contributed by atoms with Crippen molar-refractivity contribution in [2.24, 2.45) is 0 Å². The number of ether oxygens (including phenoxy) is 1. The molecule has 1 rings (SSSR count). The van der Waals surface area contributed by atoms with Crippen molar-refractivity contribution >= 4 is 5.97 Å². The Bertz CT molecular complexity index is 422. The summed E-state index contributed by atoms with van der Waals surface area (Å²) >= 11 is 0. The van der Waals surface area contributed by atoms with Gasteiger partial charge in [0.25, 0.3) is 0 Å². The Kier molecular flexibility index (Phi) is 4.31. The van der Waals surface area contributed by atoms with Gasteiger partial charge in [-0.15, -0.1) is 0 Å². The number of carbonyl (C=O) groups excluding carboxylic acids is 1. The maximum Gasteiger partial charge on any atom is 0.416 e. The average Bonchev–Trinajstić information content (AvgIpc) is 2.28. The smallest absolute Gasteiger partial charge is 0.416 e. The molecule has 92 valence electrons. The number of hydrogen-bond donors (Lipinski definition) is 0. The van der Waals surface area contributed by atoms with E-state index in [9.17, 15) is 18.0 Å². The summed E-state index contributed by atoms with van der Waals surface area (Å²) in [5.41, 5.74) is -0.207. The van der Waals surface area contributed by atoms with Gasteiger partial charge in [-0.3, -0.25) is 0 Å². The Morgan fingerprint density at radius 2 is 2.12 bits per heavy atom. The van der Waals surface area contributed by atoms with Crippen LogP contribution in [0.4, 0.5) is 13.2 Å². The zero-order chi connectivity index (χ0) is 12.9. The summed E-state index contributed by atoms with van der Waals surface area (Å²) in [5.74, 6) is -0.531. The lowest BCUT2D eigenvalue weighted by molar-refractivity contribution is -0.137. The first-order valence-electron chi connectivity index (χ1n) is 4.84. The molecule has 0 heterocycles. The van der Waals surface area contributed by atoms with Crippen LogP contribution in [0.2, 0.25) is 0 Å². The van der Waals surface area contributed by atoms with Crippen molar-refractivity contribution in [2.75, 3.05) is 7.11 Å². The molecule has 0 fully saturated rings. The number of benzene rings is 1. The van der Waals surface area contributed by atoms with Gasteiger partial charge in [-0.2, -0.15) is 13.2 Å². The molecule has 0 saturated heterocycles. The van der Waals surface area contributed by atoms with Crippen LogP contribution in [-0.4, -0.2) is 13.1 Å². The zero-order valence-electron chi connectivity index (χ0n) is 9.12. The predicted molar refractivity (Wildman–Crippen MR) is 56.3 cm³/mol. The molecule has 0 aliphatic carbocycles. The van der Waals surface area contributed by atoms with E-state index in [-0.39, 0.29) is 6.42 Å². The van der Waals surface area contributed by atoms with Gasteiger partial charge in [0.05, 0.1) is 12.7 Å². The van der Waals surface area contributed by atoms with Crippen LogP contribution in [0.1, 0.15) is 11.1 Å².